The number of ether oxygens (including phenoxy) is 1. The lowest BCUT2D eigenvalue weighted by Crippen LogP contribution is -2.07. The number of hydrogen-bond donors (Lipinski definition) is 1. The highest BCUT2D eigenvalue weighted by Crippen LogP contribution is 2.15. The Bertz CT molecular complexity index is 299. The van der Waals surface area contributed by atoms with E-state index >= 15 is 0 Å². The Labute approximate surface area is 78.4 Å². The Balaban J connectivity index is 2.75. The van der Waals surface area contributed by atoms with Crippen molar-refractivity contribution in [2.75, 3.05) is 7.11 Å². The molecule has 1 aromatic carbocycles. The van der Waals surface area contributed by atoms with E-state index in [4.69, 9.17) is 1.37 Å². The van der Waals surface area contributed by atoms with Gasteiger partial charge in [-0.3, -0.25) is 4.79 Å². The fraction of sp³-hybridized carbons (Fsp3) is 0.300. The first-order chi connectivity index (χ1) is 6.66. The fourth-order valence-electron chi connectivity index (χ4n) is 0.943. The Hall–Kier alpha value is -1.35. The smallest absolute Gasteiger partial charge is 0.308 e. The molecule has 70 valence electrons. The lowest BCUT2D eigenvalue weighted by atomic mass is 10.1. The summed E-state index contributed by atoms with van der Waals surface area (Å²) in [7, 11) is 1.20. The third kappa shape index (κ3) is 2.87. The van der Waals surface area contributed by atoms with Gasteiger partial charge in [0.15, 0.2) is 0 Å². The van der Waals surface area contributed by atoms with Gasteiger partial charge in [0.2, 0.25) is 0 Å². The molecule has 0 bridgehead atoms. The van der Waals surface area contributed by atoms with Gasteiger partial charge in [0.1, 0.15) is 0 Å². The summed E-state index contributed by atoms with van der Waals surface area (Å²) >= 11 is 0. The van der Waals surface area contributed by atoms with Gasteiger partial charge in [0.05, 0.1) is 19.6 Å². The third-order valence-corrected chi connectivity index (χ3v) is 1.64. The first kappa shape index (κ1) is 8.26. The van der Waals surface area contributed by atoms with Crippen LogP contribution in [0.1, 0.15) is 19.4 Å². The zero-order valence-electron chi connectivity index (χ0n) is 8.31. The number of esters is 1. The van der Waals surface area contributed by atoms with Gasteiger partial charge < -0.3 is 9.84 Å². The van der Waals surface area contributed by atoms with Gasteiger partial charge in [-0.1, -0.05) is 30.3 Å². The van der Waals surface area contributed by atoms with Crippen LogP contribution in [0.3, 0.4) is 0 Å². The second kappa shape index (κ2) is 4.62. The second-order valence-electron chi connectivity index (χ2n) is 2.55. The van der Waals surface area contributed by atoms with E-state index in [9.17, 15) is 9.90 Å². The van der Waals surface area contributed by atoms with Crippen LogP contribution in [0.15, 0.2) is 30.3 Å². The van der Waals surface area contributed by atoms with Crippen LogP contribution < -0.4 is 0 Å². The van der Waals surface area contributed by atoms with E-state index in [-0.39, 0.29) is 0 Å². The highest BCUT2D eigenvalue weighted by molar-refractivity contribution is 5.70. The summed E-state index contributed by atoms with van der Waals surface area (Å²) in [5.74, 6) is -0.735. The number of aliphatic hydroxyl groups is 1. The van der Waals surface area contributed by atoms with Crippen molar-refractivity contribution in [3.63, 3.8) is 0 Å². The SMILES string of the molecule is [2H]C(C(=O)OC)[C@@H](O)c1ccccc1. The van der Waals surface area contributed by atoms with Crippen LogP contribution in [-0.2, 0) is 9.53 Å². The molecule has 0 amide bonds. The largest absolute Gasteiger partial charge is 0.469 e. The Kier molecular flexibility index (Phi) is 2.94. The van der Waals surface area contributed by atoms with E-state index in [1.807, 2.05) is 0 Å². The summed E-state index contributed by atoms with van der Waals surface area (Å²) in [4.78, 5) is 11.0. The van der Waals surface area contributed by atoms with Crippen LogP contribution in [0.5, 0.6) is 0 Å². The fourth-order valence-corrected chi connectivity index (χ4v) is 0.943. The van der Waals surface area contributed by atoms with Crippen LogP contribution in [0, 0.1) is 0 Å². The molecule has 0 aliphatic carbocycles. The molecule has 3 nitrogen and oxygen atoms in total. The van der Waals surface area contributed by atoms with Crippen LogP contribution in [0.2, 0.25) is 0 Å². The first-order valence-corrected chi connectivity index (χ1v) is 3.90. The van der Waals surface area contributed by atoms with Crippen molar-refractivity contribution in [1.29, 1.82) is 0 Å². The van der Waals surface area contributed by atoms with Gasteiger partial charge in [-0.2, -0.15) is 0 Å². The highest BCUT2D eigenvalue weighted by Gasteiger charge is 2.11. The summed E-state index contributed by atoms with van der Waals surface area (Å²) in [6.45, 7) is 0. The maximum atomic E-state index is 11.0. The monoisotopic (exact) mass is 181 g/mol. The molecule has 1 N–H and O–H groups in total. The van der Waals surface area contributed by atoms with Crippen LogP contribution in [-0.4, -0.2) is 18.2 Å². The number of rotatable bonds is 3. The predicted molar refractivity (Wildman–Crippen MR) is 48.0 cm³/mol. The zero-order valence-corrected chi connectivity index (χ0v) is 7.31. The normalized spacial score (nSPS) is 15.7. The summed E-state index contributed by atoms with van der Waals surface area (Å²) in [6.07, 6.45) is -2.42. The molecule has 0 saturated heterocycles. The maximum Gasteiger partial charge on any atom is 0.308 e. The number of methoxy groups -OCH3 is 1. The van der Waals surface area contributed by atoms with Crippen LogP contribution in [0.4, 0.5) is 0 Å². The summed E-state index contributed by atoms with van der Waals surface area (Å²) < 4.78 is 11.8. The summed E-state index contributed by atoms with van der Waals surface area (Å²) in [5, 5.41) is 9.60. The van der Waals surface area contributed by atoms with Crippen molar-refractivity contribution in [3.05, 3.63) is 35.9 Å². The minimum absolute atomic E-state index is 0.540. The van der Waals surface area contributed by atoms with Crippen molar-refractivity contribution in [1.82, 2.24) is 0 Å². The van der Waals surface area contributed by atoms with Gasteiger partial charge in [0, 0.05) is 1.37 Å². The second-order valence-corrected chi connectivity index (χ2v) is 2.55. The van der Waals surface area contributed by atoms with E-state index in [0.717, 1.165) is 0 Å². The average molecular weight is 181 g/mol. The van der Waals surface area contributed by atoms with E-state index in [1.165, 1.54) is 7.11 Å². The Morgan fingerprint density at radius 3 is 2.77 bits per heavy atom. The van der Waals surface area contributed by atoms with Crippen LogP contribution >= 0.6 is 0 Å². The molecule has 1 aromatic rings. The van der Waals surface area contributed by atoms with Crippen molar-refractivity contribution in [2.24, 2.45) is 0 Å². The van der Waals surface area contributed by atoms with Crippen molar-refractivity contribution >= 4 is 5.97 Å². The number of aliphatic hydroxyl groups excluding tert-OH is 1. The molecule has 1 rings (SSSR count). The van der Waals surface area contributed by atoms with Crippen molar-refractivity contribution in [3.8, 4) is 0 Å². The van der Waals surface area contributed by atoms with E-state index < -0.39 is 18.5 Å². The predicted octanol–water partition coefficient (Wildman–Crippen LogP) is 1.28. The topological polar surface area (TPSA) is 46.5 Å². The molecule has 2 atom stereocenters. The summed E-state index contributed by atoms with van der Waals surface area (Å²) in [5.41, 5.74) is 0.540. The number of carbonyl (C=O) groups excluding carboxylic acids is 1. The number of carbonyl (C=O) groups is 1. The summed E-state index contributed by atoms with van der Waals surface area (Å²) in [6, 6.07) is 8.60. The molecule has 0 radical (unpaired) electrons. The molecule has 0 saturated carbocycles. The van der Waals surface area contributed by atoms with Gasteiger partial charge in [-0.05, 0) is 5.56 Å². The van der Waals surface area contributed by atoms with Gasteiger partial charge >= 0.3 is 5.97 Å². The lowest BCUT2D eigenvalue weighted by Gasteiger charge is -2.08. The molecule has 0 heterocycles. The van der Waals surface area contributed by atoms with Gasteiger partial charge in [0.25, 0.3) is 0 Å². The number of hydrogen-bond acceptors (Lipinski definition) is 3. The molecular formula is C10H12O3. The number of benzene rings is 1. The molecule has 0 spiro atoms. The van der Waals surface area contributed by atoms with Gasteiger partial charge in [-0.25, -0.2) is 0 Å². The van der Waals surface area contributed by atoms with Crippen LogP contribution in [0.25, 0.3) is 0 Å². The molecule has 1 unspecified atom stereocenters. The molecule has 0 aliphatic heterocycles. The first-order valence-electron chi connectivity index (χ1n) is 4.47. The highest BCUT2D eigenvalue weighted by atomic mass is 16.5. The standard InChI is InChI=1S/C10H12O3/c1-13-10(12)7-9(11)8-5-3-2-4-6-8/h2-6,9,11H,7H2,1H3/t9-/m1/s1/i7D/t7?,9-. The minimum atomic E-state index is -1.29. The Morgan fingerprint density at radius 1 is 1.62 bits per heavy atom. The van der Waals surface area contributed by atoms with Crippen molar-refractivity contribution in [2.45, 2.75) is 12.5 Å². The van der Waals surface area contributed by atoms with E-state index in [2.05, 4.69) is 4.74 Å². The quantitative estimate of drug-likeness (QED) is 0.714. The van der Waals surface area contributed by atoms with E-state index in [0.29, 0.717) is 5.56 Å². The molecule has 0 aromatic heterocycles. The zero-order chi connectivity index (χ0) is 10.6. The lowest BCUT2D eigenvalue weighted by molar-refractivity contribution is -0.142. The maximum absolute atomic E-state index is 11.0. The molecule has 13 heavy (non-hydrogen) atoms. The third-order valence-electron chi connectivity index (χ3n) is 1.64. The minimum Gasteiger partial charge on any atom is -0.469 e. The molecular weight excluding hydrogens is 168 g/mol. The molecule has 0 aliphatic rings. The molecule has 0 fully saturated rings. The van der Waals surface area contributed by atoms with E-state index in [1.54, 1.807) is 30.3 Å². The van der Waals surface area contributed by atoms with Gasteiger partial charge in [-0.15, -0.1) is 0 Å². The molecule has 3 heteroatoms. The van der Waals surface area contributed by atoms with Crippen molar-refractivity contribution < 1.29 is 16.0 Å². The Morgan fingerprint density at radius 2 is 2.23 bits per heavy atom. The average Bonchev–Trinajstić information content (AvgIpc) is 2.27.